The SMILES string of the molecule is C#C/C=C(\C=C/CC[C@@H](C)NC[C@H](O)COC1=CCCc2[nH]c3ccccc3c21)Oc1ccc(C#N)cn1. The van der Waals surface area contributed by atoms with Crippen molar-refractivity contribution in [1.29, 1.82) is 5.26 Å². The van der Waals surface area contributed by atoms with Crippen molar-refractivity contribution in [2.75, 3.05) is 13.2 Å². The third kappa shape index (κ3) is 7.14. The second-order valence-electron chi connectivity index (χ2n) is 9.20. The zero-order valence-corrected chi connectivity index (χ0v) is 21.5. The number of terminal acetylenes is 1. The number of ether oxygens (including phenoxy) is 2. The number of hydrogen-bond donors (Lipinski definition) is 3. The van der Waals surface area contributed by atoms with Gasteiger partial charge in [0.1, 0.15) is 30.3 Å². The van der Waals surface area contributed by atoms with Crippen molar-refractivity contribution in [3.8, 4) is 24.3 Å². The van der Waals surface area contributed by atoms with Crippen molar-refractivity contribution in [1.82, 2.24) is 15.3 Å². The summed E-state index contributed by atoms with van der Waals surface area (Å²) in [6, 6.07) is 13.7. The fourth-order valence-corrected chi connectivity index (χ4v) is 4.30. The Hall–Kier alpha value is -4.30. The number of rotatable bonds is 12. The number of nitriles is 1. The normalized spacial score (nSPS) is 14.8. The van der Waals surface area contributed by atoms with E-state index < -0.39 is 6.10 Å². The summed E-state index contributed by atoms with van der Waals surface area (Å²) in [6.45, 7) is 2.75. The van der Waals surface area contributed by atoms with E-state index in [0.717, 1.165) is 47.9 Å². The summed E-state index contributed by atoms with van der Waals surface area (Å²) < 4.78 is 11.8. The van der Waals surface area contributed by atoms with Crippen LogP contribution < -0.4 is 10.1 Å². The summed E-state index contributed by atoms with van der Waals surface area (Å²) in [5.41, 5.74) is 3.88. The Kier molecular flexibility index (Phi) is 9.37. The van der Waals surface area contributed by atoms with Crippen LogP contribution in [-0.2, 0) is 11.2 Å². The van der Waals surface area contributed by atoms with E-state index in [4.69, 9.17) is 21.2 Å². The van der Waals surface area contributed by atoms with Crippen molar-refractivity contribution in [2.24, 2.45) is 0 Å². The van der Waals surface area contributed by atoms with Crippen molar-refractivity contribution in [2.45, 2.75) is 44.8 Å². The van der Waals surface area contributed by atoms with E-state index >= 15 is 0 Å². The topological polar surface area (TPSA) is 103 Å². The van der Waals surface area contributed by atoms with E-state index in [2.05, 4.69) is 46.3 Å². The molecule has 0 bridgehead atoms. The van der Waals surface area contributed by atoms with Crippen LogP contribution in [0.25, 0.3) is 16.7 Å². The maximum Gasteiger partial charge on any atom is 0.219 e. The number of aromatic nitrogens is 2. The molecule has 0 saturated carbocycles. The van der Waals surface area contributed by atoms with E-state index in [1.54, 1.807) is 12.1 Å². The van der Waals surface area contributed by atoms with Crippen LogP contribution in [0.5, 0.6) is 5.88 Å². The van der Waals surface area contributed by atoms with Gasteiger partial charge in [-0.1, -0.05) is 30.2 Å². The highest BCUT2D eigenvalue weighted by Crippen LogP contribution is 2.33. The standard InChI is InChI=1S/C31H32N4O3/c1-3-9-25(38-30-17-16-23(18-32)19-34-30)11-5-4-10-22(2)33-20-24(36)21-37-29-15-8-14-28-31(29)26-12-6-7-13-27(26)35-28/h1,5-7,9,11-13,15-17,19,22,24,33,35-36H,4,8,10,14,20-21H2,2H3/b11-5-,25-9+/t22-,24+/m1/s1. The number of H-pyrrole nitrogens is 1. The molecule has 2 atom stereocenters. The van der Waals surface area contributed by atoms with Crippen molar-refractivity contribution in [3.05, 3.63) is 89.5 Å². The third-order valence-electron chi connectivity index (χ3n) is 6.25. The van der Waals surface area contributed by atoms with Gasteiger partial charge in [0.15, 0.2) is 0 Å². The maximum atomic E-state index is 10.5. The minimum absolute atomic E-state index is 0.199. The molecule has 2 aromatic heterocycles. The molecule has 0 fully saturated rings. The molecule has 1 aromatic carbocycles. The molecule has 0 spiro atoms. The van der Waals surface area contributed by atoms with E-state index in [0.29, 0.717) is 23.7 Å². The molecule has 0 aliphatic heterocycles. The Morgan fingerprint density at radius 3 is 2.97 bits per heavy atom. The van der Waals surface area contributed by atoms with Gasteiger partial charge in [-0.05, 0) is 56.9 Å². The van der Waals surface area contributed by atoms with Gasteiger partial charge < -0.3 is 24.9 Å². The van der Waals surface area contributed by atoms with Crippen LogP contribution in [0.1, 0.15) is 43.0 Å². The molecule has 38 heavy (non-hydrogen) atoms. The molecule has 2 heterocycles. The van der Waals surface area contributed by atoms with Gasteiger partial charge in [0.2, 0.25) is 5.88 Å². The van der Waals surface area contributed by atoms with Gasteiger partial charge in [-0.25, -0.2) is 4.98 Å². The van der Waals surface area contributed by atoms with E-state index in [9.17, 15) is 5.11 Å². The van der Waals surface area contributed by atoms with E-state index in [1.807, 2.05) is 30.4 Å². The minimum atomic E-state index is -0.622. The summed E-state index contributed by atoms with van der Waals surface area (Å²) in [5, 5.41) is 23.9. The van der Waals surface area contributed by atoms with Crippen molar-refractivity contribution < 1.29 is 14.6 Å². The second kappa shape index (κ2) is 13.3. The average Bonchev–Trinajstić information content (AvgIpc) is 3.33. The van der Waals surface area contributed by atoms with Crippen LogP contribution in [0.3, 0.4) is 0 Å². The number of benzene rings is 1. The molecule has 4 rings (SSSR count). The number of hydrogen-bond acceptors (Lipinski definition) is 6. The van der Waals surface area contributed by atoms with E-state index in [1.165, 1.54) is 18.0 Å². The van der Waals surface area contributed by atoms with Crippen LogP contribution in [0.15, 0.2) is 72.7 Å². The fraction of sp³-hybridized carbons (Fsp3) is 0.290. The number of para-hydroxylation sites is 1. The smallest absolute Gasteiger partial charge is 0.219 e. The number of pyridine rings is 1. The highest BCUT2D eigenvalue weighted by atomic mass is 16.5. The number of nitrogens with one attached hydrogen (secondary N) is 2. The Morgan fingerprint density at radius 1 is 1.32 bits per heavy atom. The third-order valence-corrected chi connectivity index (χ3v) is 6.25. The Balaban J connectivity index is 1.19. The van der Waals surface area contributed by atoms with Crippen LogP contribution in [0, 0.1) is 23.7 Å². The van der Waals surface area contributed by atoms with Gasteiger partial charge in [-0.15, -0.1) is 6.42 Å². The number of aryl methyl sites for hydroxylation is 1. The maximum absolute atomic E-state index is 10.5. The summed E-state index contributed by atoms with van der Waals surface area (Å²) in [4.78, 5) is 7.59. The number of aromatic amines is 1. The molecule has 0 radical (unpaired) electrons. The largest absolute Gasteiger partial charge is 0.490 e. The predicted octanol–water partition coefficient (Wildman–Crippen LogP) is 5.01. The van der Waals surface area contributed by atoms with E-state index in [-0.39, 0.29) is 12.6 Å². The highest BCUT2D eigenvalue weighted by molar-refractivity contribution is 5.93. The molecule has 7 heteroatoms. The fourth-order valence-electron chi connectivity index (χ4n) is 4.30. The number of fused-ring (bicyclic) bond motifs is 3. The molecule has 3 N–H and O–H groups in total. The van der Waals surface area contributed by atoms with Crippen LogP contribution >= 0.6 is 0 Å². The summed E-state index contributed by atoms with van der Waals surface area (Å²) in [5.74, 6) is 4.17. The average molecular weight is 509 g/mol. The first-order chi connectivity index (χ1) is 18.6. The Morgan fingerprint density at radius 2 is 2.18 bits per heavy atom. The molecular formula is C31H32N4O3. The Labute approximate surface area is 223 Å². The van der Waals surface area contributed by atoms with Crippen molar-refractivity contribution >= 4 is 16.7 Å². The first-order valence-corrected chi connectivity index (χ1v) is 12.8. The lowest BCUT2D eigenvalue weighted by Crippen LogP contribution is -2.35. The Bertz CT molecular complexity index is 1400. The molecule has 0 amide bonds. The molecule has 3 aromatic rings. The quantitative estimate of drug-likeness (QED) is 0.181. The molecule has 194 valence electrons. The molecular weight excluding hydrogens is 476 g/mol. The lowest BCUT2D eigenvalue weighted by molar-refractivity contribution is 0.0902. The molecule has 0 unspecified atom stereocenters. The van der Waals surface area contributed by atoms with Crippen LogP contribution in [0.4, 0.5) is 0 Å². The molecule has 0 saturated heterocycles. The monoisotopic (exact) mass is 508 g/mol. The summed E-state index contributed by atoms with van der Waals surface area (Å²) in [6.07, 6.45) is 17.2. The number of nitrogens with zero attached hydrogens (tertiary/aromatic N) is 2. The zero-order valence-electron chi connectivity index (χ0n) is 21.5. The van der Waals surface area contributed by atoms with Gasteiger partial charge >= 0.3 is 0 Å². The predicted molar refractivity (Wildman–Crippen MR) is 149 cm³/mol. The van der Waals surface area contributed by atoms with Gasteiger partial charge in [0, 0.05) is 53.1 Å². The summed E-state index contributed by atoms with van der Waals surface area (Å²) >= 11 is 0. The van der Waals surface area contributed by atoms with Crippen LogP contribution in [-0.4, -0.2) is 40.4 Å². The molecule has 7 nitrogen and oxygen atoms in total. The molecule has 1 aliphatic rings. The van der Waals surface area contributed by atoms with Gasteiger partial charge in [-0.2, -0.15) is 5.26 Å². The highest BCUT2D eigenvalue weighted by Gasteiger charge is 2.20. The number of aliphatic hydroxyl groups excluding tert-OH is 1. The lowest BCUT2D eigenvalue weighted by Gasteiger charge is -2.20. The van der Waals surface area contributed by atoms with Gasteiger partial charge in [-0.3, -0.25) is 0 Å². The first kappa shape index (κ1) is 26.8. The molecule has 1 aliphatic carbocycles. The van der Waals surface area contributed by atoms with Gasteiger partial charge in [0.05, 0.1) is 5.56 Å². The lowest BCUT2D eigenvalue weighted by atomic mass is 10.0. The number of aliphatic hydroxyl groups is 1. The number of allylic oxidation sites excluding steroid dienone is 4. The minimum Gasteiger partial charge on any atom is -0.490 e. The first-order valence-electron chi connectivity index (χ1n) is 12.8. The van der Waals surface area contributed by atoms with Crippen molar-refractivity contribution in [3.63, 3.8) is 0 Å². The zero-order chi connectivity index (χ0) is 26.7. The second-order valence-corrected chi connectivity index (χ2v) is 9.20. The van der Waals surface area contributed by atoms with Gasteiger partial charge in [0.25, 0.3) is 0 Å². The van der Waals surface area contributed by atoms with Crippen LogP contribution in [0.2, 0.25) is 0 Å². The summed E-state index contributed by atoms with van der Waals surface area (Å²) in [7, 11) is 0.